The standard InChI is InChI=1S/C20H24F3NO4Si/c1-3-29(26)15-6-7-17(27-11-13-4-5-13)16(9-15)14-8-18(19(25)24(2)10-14)28-12-20(21,22)23/h6-10,13,26,29H,3-5,11-12H2,1-2H3. The largest absolute Gasteiger partial charge is 0.493 e. The molecule has 1 aromatic carbocycles. The molecule has 0 saturated heterocycles. The van der Waals surface area contributed by atoms with E-state index in [2.05, 4.69) is 0 Å². The van der Waals surface area contributed by atoms with Crippen LogP contribution < -0.4 is 20.2 Å². The third-order valence-corrected chi connectivity index (χ3v) is 6.70. The third kappa shape index (κ3) is 5.63. The molecule has 0 amide bonds. The highest BCUT2D eigenvalue weighted by molar-refractivity contribution is 6.66. The van der Waals surface area contributed by atoms with Crippen LogP contribution in [0.1, 0.15) is 19.8 Å². The summed E-state index contributed by atoms with van der Waals surface area (Å²) >= 11 is 0. The van der Waals surface area contributed by atoms with E-state index in [1.54, 1.807) is 12.1 Å². The van der Waals surface area contributed by atoms with Crippen molar-refractivity contribution in [1.29, 1.82) is 0 Å². The first-order valence-corrected chi connectivity index (χ1v) is 11.4. The van der Waals surface area contributed by atoms with Crippen LogP contribution in [0.3, 0.4) is 0 Å². The molecule has 3 rings (SSSR count). The van der Waals surface area contributed by atoms with Crippen molar-refractivity contribution in [2.75, 3.05) is 13.2 Å². The monoisotopic (exact) mass is 427 g/mol. The minimum Gasteiger partial charge on any atom is -0.493 e. The van der Waals surface area contributed by atoms with Crippen LogP contribution >= 0.6 is 0 Å². The molecule has 1 aromatic heterocycles. The van der Waals surface area contributed by atoms with Crippen molar-refractivity contribution in [2.45, 2.75) is 32.0 Å². The van der Waals surface area contributed by atoms with Crippen molar-refractivity contribution in [1.82, 2.24) is 4.57 Å². The third-order valence-electron chi connectivity index (χ3n) is 4.80. The van der Waals surface area contributed by atoms with Crippen molar-refractivity contribution in [3.8, 4) is 22.6 Å². The molecule has 1 aliphatic rings. The number of alkyl halides is 3. The maximum absolute atomic E-state index is 12.5. The van der Waals surface area contributed by atoms with Gasteiger partial charge in [-0.2, -0.15) is 13.2 Å². The van der Waals surface area contributed by atoms with Crippen LogP contribution in [0, 0.1) is 5.92 Å². The lowest BCUT2D eigenvalue weighted by Gasteiger charge is -2.17. The first kappa shape index (κ1) is 21.4. The molecule has 1 unspecified atom stereocenters. The Morgan fingerprint density at radius 1 is 1.21 bits per heavy atom. The maximum atomic E-state index is 12.5. The first-order valence-electron chi connectivity index (χ1n) is 9.53. The molecule has 0 aliphatic heterocycles. The molecular weight excluding hydrogens is 403 g/mol. The van der Waals surface area contributed by atoms with Crippen molar-refractivity contribution >= 4 is 14.2 Å². The van der Waals surface area contributed by atoms with Gasteiger partial charge in [0.2, 0.25) is 9.04 Å². The molecule has 1 saturated carbocycles. The lowest BCUT2D eigenvalue weighted by molar-refractivity contribution is -0.153. The molecule has 0 spiro atoms. The van der Waals surface area contributed by atoms with E-state index in [1.165, 1.54) is 23.9 Å². The number of benzene rings is 1. The molecule has 2 aromatic rings. The zero-order valence-electron chi connectivity index (χ0n) is 16.3. The van der Waals surface area contributed by atoms with Gasteiger partial charge in [-0.05, 0) is 48.2 Å². The van der Waals surface area contributed by atoms with E-state index in [0.29, 0.717) is 35.4 Å². The molecule has 0 bridgehead atoms. The molecule has 29 heavy (non-hydrogen) atoms. The highest BCUT2D eigenvalue weighted by Gasteiger charge is 2.29. The van der Waals surface area contributed by atoms with E-state index in [-0.39, 0.29) is 5.75 Å². The Hall–Kier alpha value is -2.26. The number of halogens is 3. The van der Waals surface area contributed by atoms with Crippen molar-refractivity contribution in [2.24, 2.45) is 13.0 Å². The Balaban J connectivity index is 2.01. The van der Waals surface area contributed by atoms with Crippen molar-refractivity contribution in [3.05, 3.63) is 40.8 Å². The number of ether oxygens (including phenoxy) is 2. The SMILES string of the molecule is CC[SiH](O)c1ccc(OCC2CC2)c(-c2cc(OCC(F)(F)F)c(=O)n(C)c2)c1. The highest BCUT2D eigenvalue weighted by Crippen LogP contribution is 2.34. The Kier molecular flexibility index (Phi) is 6.38. The van der Waals surface area contributed by atoms with Gasteiger partial charge in [-0.15, -0.1) is 0 Å². The minimum atomic E-state index is -4.55. The molecule has 1 fully saturated rings. The smallest absolute Gasteiger partial charge is 0.422 e. The Morgan fingerprint density at radius 3 is 2.55 bits per heavy atom. The molecule has 9 heteroatoms. The van der Waals surface area contributed by atoms with E-state index < -0.39 is 27.4 Å². The molecular formula is C20H24F3NO4Si. The quantitative estimate of drug-likeness (QED) is 0.658. The van der Waals surface area contributed by atoms with E-state index in [0.717, 1.165) is 18.0 Å². The summed E-state index contributed by atoms with van der Waals surface area (Å²) in [6.07, 6.45) is -0.781. The van der Waals surface area contributed by atoms with Crippen molar-refractivity contribution in [3.63, 3.8) is 0 Å². The molecule has 1 aliphatic carbocycles. The molecule has 1 atom stereocenters. The van der Waals surface area contributed by atoms with Gasteiger partial charge >= 0.3 is 6.18 Å². The summed E-state index contributed by atoms with van der Waals surface area (Å²) in [4.78, 5) is 22.5. The van der Waals surface area contributed by atoms with E-state index in [4.69, 9.17) is 9.47 Å². The summed E-state index contributed by atoms with van der Waals surface area (Å²) in [6.45, 7) is 0.922. The highest BCUT2D eigenvalue weighted by atomic mass is 28.3. The predicted molar refractivity (Wildman–Crippen MR) is 106 cm³/mol. The first-order chi connectivity index (χ1) is 13.7. The van der Waals surface area contributed by atoms with Gasteiger partial charge < -0.3 is 18.8 Å². The maximum Gasteiger partial charge on any atom is 0.422 e. The molecule has 0 radical (unpaired) electrons. The predicted octanol–water partition coefficient (Wildman–Crippen LogP) is 2.73. The zero-order chi connectivity index (χ0) is 21.2. The fourth-order valence-corrected chi connectivity index (χ4v) is 4.07. The second kappa shape index (κ2) is 8.62. The van der Waals surface area contributed by atoms with Crippen LogP contribution in [0.2, 0.25) is 6.04 Å². The second-order valence-electron chi connectivity index (χ2n) is 7.35. The number of aryl methyl sites for hydroxylation is 1. The number of hydrogen-bond donors (Lipinski definition) is 1. The van der Waals surface area contributed by atoms with Gasteiger partial charge in [0.1, 0.15) is 5.75 Å². The Morgan fingerprint density at radius 2 is 1.93 bits per heavy atom. The number of rotatable bonds is 8. The van der Waals surface area contributed by atoms with Crippen LogP contribution in [0.25, 0.3) is 11.1 Å². The summed E-state index contributed by atoms with van der Waals surface area (Å²) in [5.74, 6) is 0.705. The summed E-state index contributed by atoms with van der Waals surface area (Å²) in [7, 11) is -0.659. The average Bonchev–Trinajstić information content (AvgIpc) is 3.50. The van der Waals surface area contributed by atoms with Gasteiger partial charge in [0.15, 0.2) is 12.4 Å². The van der Waals surface area contributed by atoms with Gasteiger partial charge in [-0.1, -0.05) is 13.0 Å². The van der Waals surface area contributed by atoms with Gasteiger partial charge in [0, 0.05) is 24.4 Å². The Labute approximate surface area is 168 Å². The zero-order valence-corrected chi connectivity index (χ0v) is 17.5. The molecule has 5 nitrogen and oxygen atoms in total. The van der Waals surface area contributed by atoms with Gasteiger partial charge in [-0.25, -0.2) is 0 Å². The topological polar surface area (TPSA) is 60.7 Å². The van der Waals surface area contributed by atoms with Gasteiger partial charge in [-0.3, -0.25) is 4.79 Å². The van der Waals surface area contributed by atoms with Crippen LogP contribution in [0.4, 0.5) is 13.2 Å². The van der Waals surface area contributed by atoms with E-state index in [9.17, 15) is 22.8 Å². The fourth-order valence-electron chi connectivity index (χ4n) is 2.93. The Bertz CT molecular complexity index is 925. The molecule has 1 N–H and O–H groups in total. The van der Waals surface area contributed by atoms with E-state index in [1.807, 2.05) is 13.0 Å². The van der Waals surface area contributed by atoms with Crippen LogP contribution in [-0.4, -0.2) is 37.8 Å². The van der Waals surface area contributed by atoms with Gasteiger partial charge in [0.05, 0.1) is 6.61 Å². The van der Waals surface area contributed by atoms with Crippen LogP contribution in [0.15, 0.2) is 35.3 Å². The number of pyridine rings is 1. The normalized spacial score (nSPS) is 15.2. The summed E-state index contributed by atoms with van der Waals surface area (Å²) < 4.78 is 49.5. The van der Waals surface area contributed by atoms with E-state index >= 15 is 0 Å². The fraction of sp³-hybridized carbons (Fsp3) is 0.450. The second-order valence-corrected chi connectivity index (χ2v) is 9.86. The lowest BCUT2D eigenvalue weighted by atomic mass is 10.1. The average molecular weight is 427 g/mol. The number of aromatic nitrogens is 1. The summed E-state index contributed by atoms with van der Waals surface area (Å²) in [5.41, 5.74) is 0.461. The van der Waals surface area contributed by atoms with Gasteiger partial charge in [0.25, 0.3) is 5.56 Å². The summed E-state index contributed by atoms with van der Waals surface area (Å²) in [5, 5.41) is 0.799. The van der Waals surface area contributed by atoms with Crippen LogP contribution in [-0.2, 0) is 7.05 Å². The number of hydrogen-bond acceptors (Lipinski definition) is 4. The molecule has 1 heterocycles. The number of nitrogens with zero attached hydrogens (tertiary/aromatic N) is 1. The molecule has 158 valence electrons. The van der Waals surface area contributed by atoms with Crippen molar-refractivity contribution < 1.29 is 27.4 Å². The van der Waals surface area contributed by atoms with Crippen LogP contribution in [0.5, 0.6) is 11.5 Å². The lowest BCUT2D eigenvalue weighted by Crippen LogP contribution is -2.29. The summed E-state index contributed by atoms with van der Waals surface area (Å²) in [6, 6.07) is 7.36. The minimum absolute atomic E-state index is 0.380.